The summed E-state index contributed by atoms with van der Waals surface area (Å²) < 4.78 is 1.03. The van der Waals surface area contributed by atoms with E-state index in [1.54, 1.807) is 13.2 Å². The maximum Gasteiger partial charge on any atom is 0.224 e. The van der Waals surface area contributed by atoms with Gasteiger partial charge in [-0.1, -0.05) is 28.1 Å². The normalized spacial score (nSPS) is 10.1. The Hall–Kier alpha value is -1.88. The molecule has 5 heteroatoms. The number of nitrogens with zero attached hydrogens (tertiary/aromatic N) is 1. The molecule has 0 saturated heterocycles. The molecule has 0 aliphatic carbocycles. The zero-order valence-electron chi connectivity index (χ0n) is 11.2. The Morgan fingerprint density at radius 1 is 1.30 bits per heavy atom. The number of benzene rings is 1. The van der Waals surface area contributed by atoms with E-state index in [1.165, 1.54) is 0 Å². The highest BCUT2D eigenvalue weighted by molar-refractivity contribution is 9.10. The predicted octanol–water partition coefficient (Wildman–Crippen LogP) is 3.46. The average molecular weight is 334 g/mol. The second-order valence-corrected chi connectivity index (χ2v) is 5.28. The van der Waals surface area contributed by atoms with Crippen molar-refractivity contribution in [3.8, 4) is 0 Å². The Balaban J connectivity index is 1.85. The van der Waals surface area contributed by atoms with Gasteiger partial charge in [0.15, 0.2) is 0 Å². The van der Waals surface area contributed by atoms with E-state index in [2.05, 4.69) is 31.5 Å². The van der Waals surface area contributed by atoms with Gasteiger partial charge in [-0.25, -0.2) is 4.98 Å². The van der Waals surface area contributed by atoms with Crippen LogP contribution in [0, 0.1) is 0 Å². The zero-order valence-corrected chi connectivity index (χ0v) is 12.8. The third kappa shape index (κ3) is 4.35. The highest BCUT2D eigenvalue weighted by Crippen LogP contribution is 2.14. The van der Waals surface area contributed by atoms with Crippen LogP contribution < -0.4 is 10.6 Å². The van der Waals surface area contributed by atoms with Crippen molar-refractivity contribution in [3.05, 3.63) is 52.6 Å². The number of halogens is 1. The summed E-state index contributed by atoms with van der Waals surface area (Å²) in [5, 5.41) is 5.77. The van der Waals surface area contributed by atoms with Crippen molar-refractivity contribution < 1.29 is 4.79 Å². The minimum Gasteiger partial charge on any atom is -0.373 e. The number of hydrogen-bond donors (Lipinski definition) is 2. The van der Waals surface area contributed by atoms with E-state index in [9.17, 15) is 4.79 Å². The van der Waals surface area contributed by atoms with Gasteiger partial charge in [0.25, 0.3) is 0 Å². The summed E-state index contributed by atoms with van der Waals surface area (Å²) in [4.78, 5) is 16.0. The molecule has 2 aromatic rings. The lowest BCUT2D eigenvalue weighted by Crippen LogP contribution is -2.12. The Morgan fingerprint density at radius 3 is 2.80 bits per heavy atom. The molecule has 4 nitrogen and oxygen atoms in total. The first kappa shape index (κ1) is 14.5. The van der Waals surface area contributed by atoms with Crippen molar-refractivity contribution in [2.24, 2.45) is 0 Å². The second kappa shape index (κ2) is 7.05. The number of aryl methyl sites for hydroxylation is 1. The standard InChI is InChI=1S/C15H16BrN3O/c1-17-14-7-6-13(10-18-14)19-15(20)8-5-11-3-2-4-12(16)9-11/h2-4,6-7,9-10H,5,8H2,1H3,(H,17,18)(H,19,20). The molecule has 0 bridgehead atoms. The third-order valence-corrected chi connectivity index (χ3v) is 3.33. The van der Waals surface area contributed by atoms with Crippen molar-refractivity contribution in [2.75, 3.05) is 17.7 Å². The molecule has 1 aromatic heterocycles. The van der Waals surface area contributed by atoms with Crippen LogP contribution in [-0.2, 0) is 11.2 Å². The van der Waals surface area contributed by atoms with Gasteiger partial charge in [0.05, 0.1) is 11.9 Å². The molecule has 1 amide bonds. The lowest BCUT2D eigenvalue weighted by molar-refractivity contribution is -0.116. The fraction of sp³-hybridized carbons (Fsp3) is 0.200. The molecule has 0 radical (unpaired) electrons. The molecule has 0 spiro atoms. The van der Waals surface area contributed by atoms with Crippen LogP contribution in [0.2, 0.25) is 0 Å². The van der Waals surface area contributed by atoms with Gasteiger partial charge in [-0.15, -0.1) is 0 Å². The fourth-order valence-corrected chi connectivity index (χ4v) is 2.24. The summed E-state index contributed by atoms with van der Waals surface area (Å²) in [6.07, 6.45) is 2.81. The molecule has 2 rings (SSSR count). The highest BCUT2D eigenvalue weighted by atomic mass is 79.9. The minimum atomic E-state index is -0.0102. The summed E-state index contributed by atoms with van der Waals surface area (Å²) in [6.45, 7) is 0. The fourth-order valence-electron chi connectivity index (χ4n) is 1.79. The molecule has 0 aliphatic rings. The van der Waals surface area contributed by atoms with E-state index in [-0.39, 0.29) is 5.91 Å². The minimum absolute atomic E-state index is 0.0102. The van der Waals surface area contributed by atoms with Crippen LogP contribution in [0.25, 0.3) is 0 Å². The first-order valence-corrected chi connectivity index (χ1v) is 7.15. The third-order valence-electron chi connectivity index (χ3n) is 2.83. The van der Waals surface area contributed by atoms with E-state index in [1.807, 2.05) is 36.4 Å². The summed E-state index contributed by atoms with van der Waals surface area (Å²) >= 11 is 3.42. The van der Waals surface area contributed by atoms with Gasteiger partial charge in [-0.3, -0.25) is 4.79 Å². The van der Waals surface area contributed by atoms with Crippen LogP contribution in [-0.4, -0.2) is 17.9 Å². The maximum atomic E-state index is 11.9. The Bertz CT molecular complexity index is 584. The van der Waals surface area contributed by atoms with Crippen LogP contribution in [0.4, 0.5) is 11.5 Å². The summed E-state index contributed by atoms with van der Waals surface area (Å²) in [7, 11) is 1.80. The molecule has 0 aliphatic heterocycles. The Kier molecular flexibility index (Phi) is 5.12. The molecule has 104 valence electrons. The van der Waals surface area contributed by atoms with Crippen LogP contribution in [0.1, 0.15) is 12.0 Å². The van der Waals surface area contributed by atoms with E-state index >= 15 is 0 Å². The van der Waals surface area contributed by atoms with Gasteiger partial charge in [-0.05, 0) is 36.2 Å². The van der Waals surface area contributed by atoms with Crippen LogP contribution in [0.3, 0.4) is 0 Å². The van der Waals surface area contributed by atoms with Crippen molar-refractivity contribution in [1.82, 2.24) is 4.98 Å². The smallest absolute Gasteiger partial charge is 0.224 e. The molecule has 20 heavy (non-hydrogen) atoms. The molecular weight excluding hydrogens is 318 g/mol. The molecule has 0 fully saturated rings. The van der Waals surface area contributed by atoms with E-state index < -0.39 is 0 Å². The van der Waals surface area contributed by atoms with Gasteiger partial charge in [0.2, 0.25) is 5.91 Å². The van der Waals surface area contributed by atoms with Crippen LogP contribution >= 0.6 is 15.9 Å². The lowest BCUT2D eigenvalue weighted by Gasteiger charge is -2.06. The molecule has 0 atom stereocenters. The zero-order chi connectivity index (χ0) is 14.4. The first-order chi connectivity index (χ1) is 9.67. The quantitative estimate of drug-likeness (QED) is 0.880. The molecule has 2 N–H and O–H groups in total. The van der Waals surface area contributed by atoms with Gasteiger partial charge in [0, 0.05) is 17.9 Å². The maximum absolute atomic E-state index is 11.9. The average Bonchev–Trinajstić information content (AvgIpc) is 2.46. The van der Waals surface area contributed by atoms with Crippen LogP contribution in [0.15, 0.2) is 47.1 Å². The molecule has 0 unspecified atom stereocenters. The summed E-state index contributed by atoms with van der Waals surface area (Å²) in [5.74, 6) is 0.765. The Labute approximate surface area is 126 Å². The second-order valence-electron chi connectivity index (χ2n) is 4.36. The van der Waals surface area contributed by atoms with Gasteiger partial charge < -0.3 is 10.6 Å². The molecule has 1 aromatic carbocycles. The number of pyridine rings is 1. The van der Waals surface area contributed by atoms with E-state index in [0.717, 1.165) is 15.9 Å². The van der Waals surface area contributed by atoms with Crippen LogP contribution in [0.5, 0.6) is 0 Å². The monoisotopic (exact) mass is 333 g/mol. The van der Waals surface area contributed by atoms with E-state index in [4.69, 9.17) is 0 Å². The molecular formula is C15H16BrN3O. The number of rotatable bonds is 5. The van der Waals surface area contributed by atoms with Crippen molar-refractivity contribution >= 4 is 33.3 Å². The SMILES string of the molecule is CNc1ccc(NC(=O)CCc2cccc(Br)c2)cn1. The predicted molar refractivity (Wildman–Crippen MR) is 84.9 cm³/mol. The van der Waals surface area contributed by atoms with Gasteiger partial charge >= 0.3 is 0 Å². The van der Waals surface area contributed by atoms with E-state index in [0.29, 0.717) is 18.5 Å². The molecule has 1 heterocycles. The van der Waals surface area contributed by atoms with Crippen molar-refractivity contribution in [1.29, 1.82) is 0 Å². The van der Waals surface area contributed by atoms with Gasteiger partial charge in [-0.2, -0.15) is 0 Å². The largest absolute Gasteiger partial charge is 0.373 e. The number of aromatic nitrogens is 1. The molecule has 0 saturated carbocycles. The number of anilines is 2. The number of carbonyl (C=O) groups excluding carboxylic acids is 1. The number of hydrogen-bond acceptors (Lipinski definition) is 3. The van der Waals surface area contributed by atoms with Crippen molar-refractivity contribution in [3.63, 3.8) is 0 Å². The Morgan fingerprint density at radius 2 is 2.15 bits per heavy atom. The highest BCUT2D eigenvalue weighted by Gasteiger charge is 2.04. The van der Waals surface area contributed by atoms with Crippen molar-refractivity contribution in [2.45, 2.75) is 12.8 Å². The summed E-state index contributed by atoms with van der Waals surface area (Å²) in [5.41, 5.74) is 1.85. The first-order valence-electron chi connectivity index (χ1n) is 6.35. The number of carbonyl (C=O) groups is 1. The number of amides is 1. The topological polar surface area (TPSA) is 54.0 Å². The summed E-state index contributed by atoms with van der Waals surface area (Å²) in [6, 6.07) is 11.6. The van der Waals surface area contributed by atoms with Gasteiger partial charge in [0.1, 0.15) is 5.82 Å². The number of nitrogens with one attached hydrogen (secondary N) is 2. The lowest BCUT2D eigenvalue weighted by atomic mass is 10.1.